The first-order valence-corrected chi connectivity index (χ1v) is 15.0. The van der Waals surface area contributed by atoms with Crippen molar-refractivity contribution in [1.29, 1.82) is 0 Å². The van der Waals surface area contributed by atoms with Gasteiger partial charge in [0.05, 0.1) is 46.0 Å². The lowest BCUT2D eigenvalue weighted by molar-refractivity contribution is 0.301. The van der Waals surface area contributed by atoms with E-state index in [9.17, 15) is 16.8 Å². The highest BCUT2D eigenvalue weighted by Crippen LogP contribution is 2.51. The number of terminal acetylenes is 1. The summed E-state index contributed by atoms with van der Waals surface area (Å²) >= 11 is 0. The number of benzene rings is 3. The van der Waals surface area contributed by atoms with Crippen LogP contribution < -0.4 is 27.3 Å². The topological polar surface area (TPSA) is 124 Å². The summed E-state index contributed by atoms with van der Waals surface area (Å²) in [5, 5.41) is 0. The third-order valence-electron chi connectivity index (χ3n) is 5.23. The van der Waals surface area contributed by atoms with Crippen LogP contribution in [-0.4, -0.2) is 57.3 Å². The standard InChI is InChI=1S/C27H28O10S2/c1-7-8-15-35-22-14-11-19(16-23(22)32-2)25-24(33-3)17-21(26(34-4)27(25)37-39(6,30)31)18-9-12-20(13-10-18)36-38(5,28)29/h1,9-14,16-17H,8,15H2,2-6H3. The molecule has 0 spiro atoms. The van der Waals surface area contributed by atoms with Crippen molar-refractivity contribution in [3.63, 3.8) is 0 Å². The molecule has 10 nitrogen and oxygen atoms in total. The molecule has 0 amide bonds. The maximum Gasteiger partial charge on any atom is 0.306 e. The van der Waals surface area contributed by atoms with E-state index in [4.69, 9.17) is 33.7 Å². The molecule has 0 aliphatic rings. The molecule has 0 aliphatic carbocycles. The van der Waals surface area contributed by atoms with E-state index in [0.29, 0.717) is 34.6 Å². The Labute approximate surface area is 228 Å². The van der Waals surface area contributed by atoms with Crippen molar-refractivity contribution in [2.75, 3.05) is 40.4 Å². The zero-order valence-corrected chi connectivity index (χ0v) is 23.6. The highest BCUT2D eigenvalue weighted by Gasteiger charge is 2.27. The Kier molecular flexibility index (Phi) is 9.21. The van der Waals surface area contributed by atoms with Crippen LogP contribution in [0.3, 0.4) is 0 Å². The van der Waals surface area contributed by atoms with Gasteiger partial charge in [0.15, 0.2) is 23.0 Å². The van der Waals surface area contributed by atoms with Gasteiger partial charge in [-0.2, -0.15) is 16.8 Å². The Hall–Kier alpha value is -4.08. The minimum atomic E-state index is -4.03. The molecule has 0 unspecified atom stereocenters. The quantitative estimate of drug-likeness (QED) is 0.177. The number of methoxy groups -OCH3 is 3. The van der Waals surface area contributed by atoms with Crippen LogP contribution in [0.5, 0.6) is 34.5 Å². The summed E-state index contributed by atoms with van der Waals surface area (Å²) in [7, 11) is -3.48. The van der Waals surface area contributed by atoms with Crippen molar-refractivity contribution in [3.8, 4) is 69.1 Å². The van der Waals surface area contributed by atoms with Gasteiger partial charge in [-0.3, -0.25) is 0 Å². The number of rotatable bonds is 12. The average Bonchev–Trinajstić information content (AvgIpc) is 2.87. The molecule has 0 heterocycles. The molecule has 3 rings (SSSR count). The predicted molar refractivity (Wildman–Crippen MR) is 147 cm³/mol. The van der Waals surface area contributed by atoms with E-state index in [-0.39, 0.29) is 35.2 Å². The molecule has 0 aliphatic heterocycles. The van der Waals surface area contributed by atoms with Gasteiger partial charge in [-0.05, 0) is 41.5 Å². The zero-order chi connectivity index (χ0) is 28.8. The van der Waals surface area contributed by atoms with E-state index in [1.165, 1.54) is 33.5 Å². The second kappa shape index (κ2) is 12.2. The highest BCUT2D eigenvalue weighted by atomic mass is 32.2. The van der Waals surface area contributed by atoms with Gasteiger partial charge in [-0.15, -0.1) is 12.3 Å². The fourth-order valence-electron chi connectivity index (χ4n) is 3.73. The minimum absolute atomic E-state index is 0.0984. The lowest BCUT2D eigenvalue weighted by Crippen LogP contribution is -2.09. The molecule has 12 heteroatoms. The number of hydrogen-bond donors (Lipinski definition) is 0. The van der Waals surface area contributed by atoms with Crippen molar-refractivity contribution in [2.24, 2.45) is 0 Å². The second-order valence-corrected chi connectivity index (χ2v) is 11.3. The van der Waals surface area contributed by atoms with Gasteiger partial charge in [-0.1, -0.05) is 18.2 Å². The summed E-state index contributed by atoms with van der Waals surface area (Å²) in [6.07, 6.45) is 7.55. The Morgan fingerprint density at radius 2 is 1.33 bits per heavy atom. The van der Waals surface area contributed by atoms with E-state index >= 15 is 0 Å². The maximum atomic E-state index is 12.3. The van der Waals surface area contributed by atoms with Crippen LogP contribution in [0.2, 0.25) is 0 Å². The molecule has 0 fully saturated rings. The zero-order valence-electron chi connectivity index (χ0n) is 22.0. The lowest BCUT2D eigenvalue weighted by Gasteiger charge is -2.21. The largest absolute Gasteiger partial charge is 0.496 e. The van der Waals surface area contributed by atoms with Crippen molar-refractivity contribution < 1.29 is 44.1 Å². The van der Waals surface area contributed by atoms with E-state index in [1.54, 1.807) is 36.4 Å². The van der Waals surface area contributed by atoms with Crippen molar-refractivity contribution >= 4 is 20.2 Å². The molecular weight excluding hydrogens is 548 g/mol. The summed E-state index contributed by atoms with van der Waals surface area (Å²) < 4.78 is 80.5. The normalized spacial score (nSPS) is 11.3. The molecule has 0 radical (unpaired) electrons. The third kappa shape index (κ3) is 7.49. The monoisotopic (exact) mass is 576 g/mol. The van der Waals surface area contributed by atoms with Crippen LogP contribution in [0.15, 0.2) is 48.5 Å². The third-order valence-corrected chi connectivity index (χ3v) is 6.19. The second-order valence-electron chi connectivity index (χ2n) is 8.13. The van der Waals surface area contributed by atoms with Crippen LogP contribution in [0, 0.1) is 12.3 Å². The maximum absolute atomic E-state index is 12.3. The summed E-state index contributed by atoms with van der Waals surface area (Å²) in [6, 6.07) is 12.7. The predicted octanol–water partition coefficient (Wildman–Crippen LogP) is 4.13. The highest BCUT2D eigenvalue weighted by molar-refractivity contribution is 7.86. The molecule has 0 N–H and O–H groups in total. The lowest BCUT2D eigenvalue weighted by atomic mass is 9.96. The van der Waals surface area contributed by atoms with Gasteiger partial charge in [-0.25, -0.2) is 0 Å². The molecule has 3 aromatic rings. The minimum Gasteiger partial charge on any atom is -0.496 e. The first-order valence-electron chi connectivity index (χ1n) is 11.3. The Balaban J connectivity index is 2.25. The van der Waals surface area contributed by atoms with E-state index < -0.39 is 20.2 Å². The van der Waals surface area contributed by atoms with Gasteiger partial charge < -0.3 is 27.3 Å². The summed E-state index contributed by atoms with van der Waals surface area (Å²) in [6.45, 7) is 0.286. The average molecular weight is 577 g/mol. The Bertz CT molecular complexity index is 1590. The van der Waals surface area contributed by atoms with Gasteiger partial charge in [0.1, 0.15) is 11.5 Å². The molecule has 208 valence electrons. The van der Waals surface area contributed by atoms with Gasteiger partial charge in [0.2, 0.25) is 0 Å². The van der Waals surface area contributed by atoms with Crippen LogP contribution >= 0.6 is 0 Å². The number of ether oxygens (including phenoxy) is 4. The first-order chi connectivity index (χ1) is 18.4. The molecular formula is C27H28O10S2. The molecule has 0 atom stereocenters. The van der Waals surface area contributed by atoms with E-state index in [1.807, 2.05) is 0 Å². The summed E-state index contributed by atoms with van der Waals surface area (Å²) in [4.78, 5) is 0. The summed E-state index contributed by atoms with van der Waals surface area (Å²) in [5.41, 5.74) is 1.75. The molecule has 0 aromatic heterocycles. The Morgan fingerprint density at radius 1 is 0.718 bits per heavy atom. The molecule has 39 heavy (non-hydrogen) atoms. The van der Waals surface area contributed by atoms with Crippen LogP contribution in [0.25, 0.3) is 22.3 Å². The fraction of sp³-hybridized carbons (Fsp3) is 0.259. The Morgan fingerprint density at radius 3 is 1.87 bits per heavy atom. The molecule has 0 saturated heterocycles. The van der Waals surface area contributed by atoms with Gasteiger partial charge in [0.25, 0.3) is 0 Å². The van der Waals surface area contributed by atoms with Crippen molar-refractivity contribution in [2.45, 2.75) is 6.42 Å². The molecule has 0 saturated carbocycles. The van der Waals surface area contributed by atoms with Crippen LogP contribution in [0.1, 0.15) is 6.42 Å². The SMILES string of the molecule is C#CCCOc1ccc(-c2c(OC)cc(-c3ccc(OS(C)(=O)=O)cc3)c(OC)c2OS(C)(=O)=O)cc1OC. The van der Waals surface area contributed by atoms with E-state index in [2.05, 4.69) is 5.92 Å². The molecule has 0 bridgehead atoms. The fourth-order valence-corrected chi connectivity index (χ4v) is 4.65. The van der Waals surface area contributed by atoms with E-state index in [0.717, 1.165) is 12.5 Å². The number of hydrogen-bond acceptors (Lipinski definition) is 10. The van der Waals surface area contributed by atoms with Gasteiger partial charge in [0, 0.05) is 12.0 Å². The first kappa shape index (κ1) is 29.5. The van der Waals surface area contributed by atoms with Crippen LogP contribution in [0.4, 0.5) is 0 Å². The molecule has 3 aromatic carbocycles. The smallest absolute Gasteiger partial charge is 0.306 e. The van der Waals surface area contributed by atoms with Crippen molar-refractivity contribution in [3.05, 3.63) is 48.5 Å². The van der Waals surface area contributed by atoms with Crippen molar-refractivity contribution in [1.82, 2.24) is 0 Å². The van der Waals surface area contributed by atoms with Gasteiger partial charge >= 0.3 is 20.2 Å². The van der Waals surface area contributed by atoms with Crippen LogP contribution in [-0.2, 0) is 20.2 Å². The summed E-state index contributed by atoms with van der Waals surface area (Å²) in [5.74, 6) is 3.67.